The highest BCUT2D eigenvalue weighted by molar-refractivity contribution is 6.46. The van der Waals surface area contributed by atoms with Gasteiger partial charge in [0.05, 0.1) is 0 Å². The minimum absolute atomic E-state index is 0.503. The van der Waals surface area contributed by atoms with Crippen LogP contribution in [0.1, 0.15) is 19.3 Å². The quantitative estimate of drug-likeness (QED) is 0.547. The number of hydrogen-bond donors (Lipinski definition) is 2. The van der Waals surface area contributed by atoms with Crippen molar-refractivity contribution in [3.8, 4) is 0 Å². The summed E-state index contributed by atoms with van der Waals surface area (Å²) in [5.74, 6) is 0. The molecule has 0 aromatic rings. The Labute approximate surface area is 82.4 Å². The number of rotatable bonds is 8. The van der Waals surface area contributed by atoms with E-state index < -0.39 is 9.28 Å². The zero-order valence-electron chi connectivity index (χ0n) is 8.66. The molecule has 0 aliphatic heterocycles. The molecule has 4 nitrogen and oxygen atoms in total. The molecule has 0 spiro atoms. The highest BCUT2D eigenvalue weighted by Crippen LogP contribution is 2.21. The van der Waals surface area contributed by atoms with Gasteiger partial charge >= 0.3 is 9.28 Å². The van der Waals surface area contributed by atoms with Crippen LogP contribution in [0.5, 0.6) is 0 Å². The van der Waals surface area contributed by atoms with E-state index in [-0.39, 0.29) is 0 Å². The zero-order chi connectivity index (χ0) is 10.1. The molecule has 1 atom stereocenters. The minimum atomic E-state index is -1.49. The fourth-order valence-corrected chi connectivity index (χ4v) is 3.43. The maximum atomic E-state index is 5.53. The van der Waals surface area contributed by atoms with E-state index >= 15 is 0 Å². The van der Waals surface area contributed by atoms with E-state index in [0.717, 1.165) is 25.8 Å². The van der Waals surface area contributed by atoms with Gasteiger partial charge in [0, 0.05) is 19.8 Å². The molecule has 0 amide bonds. The van der Waals surface area contributed by atoms with E-state index in [4.69, 9.17) is 20.3 Å². The summed E-state index contributed by atoms with van der Waals surface area (Å²) in [6.07, 6.45) is 3.09. The topological polar surface area (TPSA) is 70.5 Å². The molecule has 4 N–H and O–H groups in total. The highest BCUT2D eigenvalue weighted by Gasteiger charge is 2.22. The van der Waals surface area contributed by atoms with Gasteiger partial charge in [-0.1, -0.05) is 0 Å². The van der Waals surface area contributed by atoms with Gasteiger partial charge in [-0.2, -0.15) is 0 Å². The van der Waals surface area contributed by atoms with E-state index in [9.17, 15) is 0 Å². The maximum absolute atomic E-state index is 5.53. The molecule has 0 bridgehead atoms. The molecule has 0 aromatic carbocycles. The van der Waals surface area contributed by atoms with Crippen molar-refractivity contribution in [3.05, 3.63) is 0 Å². The molecule has 0 aliphatic carbocycles. The SMILES string of the molecule is CO[SiH](OC)C(CCN)CCCN. The average Bonchev–Trinajstić information content (AvgIpc) is 2.16. The summed E-state index contributed by atoms with van der Waals surface area (Å²) >= 11 is 0. The first-order chi connectivity index (χ1) is 6.29. The lowest BCUT2D eigenvalue weighted by Gasteiger charge is -2.21. The van der Waals surface area contributed by atoms with Crippen molar-refractivity contribution in [1.29, 1.82) is 0 Å². The zero-order valence-corrected chi connectivity index (χ0v) is 9.82. The molecule has 0 saturated heterocycles. The Kier molecular flexibility index (Phi) is 8.68. The summed E-state index contributed by atoms with van der Waals surface area (Å²) in [6, 6.07) is 0. The van der Waals surface area contributed by atoms with Crippen LogP contribution in [-0.2, 0) is 8.85 Å². The summed E-state index contributed by atoms with van der Waals surface area (Å²) in [5, 5.41) is 0. The van der Waals surface area contributed by atoms with E-state index in [1.165, 1.54) is 0 Å². The Bertz CT molecular complexity index is 112. The first-order valence-corrected chi connectivity index (χ1v) is 6.36. The fourth-order valence-electron chi connectivity index (χ4n) is 1.49. The third kappa shape index (κ3) is 5.38. The molecule has 0 radical (unpaired) electrons. The van der Waals surface area contributed by atoms with Gasteiger partial charge in [-0.15, -0.1) is 0 Å². The average molecular weight is 206 g/mol. The van der Waals surface area contributed by atoms with Gasteiger partial charge in [0.15, 0.2) is 0 Å². The molecular formula is C8H22N2O2Si. The lowest BCUT2D eigenvalue weighted by molar-refractivity contribution is 0.260. The Hall–Kier alpha value is 0.0569. The van der Waals surface area contributed by atoms with Gasteiger partial charge in [-0.05, 0) is 32.4 Å². The Morgan fingerprint density at radius 2 is 1.69 bits per heavy atom. The summed E-state index contributed by atoms with van der Waals surface area (Å²) in [7, 11) is 1.94. The summed E-state index contributed by atoms with van der Waals surface area (Å²) in [5.41, 5.74) is 11.5. The van der Waals surface area contributed by atoms with Crippen LogP contribution < -0.4 is 11.5 Å². The van der Waals surface area contributed by atoms with Crippen molar-refractivity contribution in [2.45, 2.75) is 24.8 Å². The molecule has 0 heterocycles. The van der Waals surface area contributed by atoms with E-state index in [1.54, 1.807) is 14.2 Å². The van der Waals surface area contributed by atoms with E-state index in [0.29, 0.717) is 12.1 Å². The van der Waals surface area contributed by atoms with Gasteiger partial charge < -0.3 is 20.3 Å². The number of hydrogen-bond acceptors (Lipinski definition) is 4. The smallest absolute Gasteiger partial charge is 0.324 e. The van der Waals surface area contributed by atoms with Crippen molar-refractivity contribution in [1.82, 2.24) is 0 Å². The molecule has 80 valence electrons. The molecular weight excluding hydrogens is 184 g/mol. The van der Waals surface area contributed by atoms with Crippen molar-refractivity contribution < 1.29 is 8.85 Å². The van der Waals surface area contributed by atoms with Gasteiger partial charge in [0.2, 0.25) is 0 Å². The van der Waals surface area contributed by atoms with Crippen molar-refractivity contribution >= 4 is 9.28 Å². The Morgan fingerprint density at radius 3 is 2.08 bits per heavy atom. The summed E-state index contributed by atoms with van der Waals surface area (Å²) in [4.78, 5) is 0. The molecule has 13 heavy (non-hydrogen) atoms. The second kappa shape index (κ2) is 8.65. The van der Waals surface area contributed by atoms with Crippen LogP contribution in [0.15, 0.2) is 0 Å². The Morgan fingerprint density at radius 1 is 1.08 bits per heavy atom. The number of nitrogens with two attached hydrogens (primary N) is 2. The van der Waals surface area contributed by atoms with Gasteiger partial charge in [-0.25, -0.2) is 0 Å². The predicted molar refractivity (Wildman–Crippen MR) is 56.9 cm³/mol. The standard InChI is InChI=1S/C8H22N2O2Si/c1-11-13(12-2)8(5-7-10)4-3-6-9/h8,13H,3-7,9-10H2,1-2H3. The van der Waals surface area contributed by atoms with Crippen molar-refractivity contribution in [2.75, 3.05) is 27.3 Å². The van der Waals surface area contributed by atoms with E-state index in [1.807, 2.05) is 0 Å². The third-order valence-corrected chi connectivity index (χ3v) is 4.53. The lowest BCUT2D eigenvalue weighted by Crippen LogP contribution is -2.28. The molecule has 0 aliphatic rings. The lowest BCUT2D eigenvalue weighted by atomic mass is 10.2. The highest BCUT2D eigenvalue weighted by atomic mass is 28.3. The first-order valence-electron chi connectivity index (χ1n) is 4.75. The predicted octanol–water partition coefficient (Wildman–Crippen LogP) is -0.0424. The molecule has 5 heteroatoms. The third-order valence-electron chi connectivity index (χ3n) is 2.17. The van der Waals surface area contributed by atoms with Crippen LogP contribution in [0.2, 0.25) is 5.54 Å². The summed E-state index contributed by atoms with van der Waals surface area (Å²) in [6.45, 7) is 1.43. The van der Waals surface area contributed by atoms with Gasteiger partial charge in [0.1, 0.15) is 0 Å². The fraction of sp³-hybridized carbons (Fsp3) is 1.00. The second-order valence-electron chi connectivity index (χ2n) is 3.11. The van der Waals surface area contributed by atoms with Crippen LogP contribution in [0.25, 0.3) is 0 Å². The Balaban J connectivity index is 3.88. The van der Waals surface area contributed by atoms with Crippen LogP contribution in [0, 0.1) is 0 Å². The largest absolute Gasteiger partial charge is 0.400 e. The second-order valence-corrected chi connectivity index (χ2v) is 5.73. The molecule has 0 saturated carbocycles. The first kappa shape index (κ1) is 13.1. The van der Waals surface area contributed by atoms with Crippen LogP contribution in [0.4, 0.5) is 0 Å². The van der Waals surface area contributed by atoms with Crippen LogP contribution in [-0.4, -0.2) is 36.6 Å². The van der Waals surface area contributed by atoms with Crippen LogP contribution in [0.3, 0.4) is 0 Å². The molecule has 1 unspecified atom stereocenters. The summed E-state index contributed by atoms with van der Waals surface area (Å²) < 4.78 is 10.7. The molecule has 0 aromatic heterocycles. The molecule has 0 fully saturated rings. The molecule has 0 rings (SSSR count). The van der Waals surface area contributed by atoms with Crippen molar-refractivity contribution in [3.63, 3.8) is 0 Å². The van der Waals surface area contributed by atoms with Crippen molar-refractivity contribution in [2.24, 2.45) is 11.5 Å². The van der Waals surface area contributed by atoms with Crippen LogP contribution >= 0.6 is 0 Å². The minimum Gasteiger partial charge on any atom is -0.400 e. The van der Waals surface area contributed by atoms with Gasteiger partial charge in [0.25, 0.3) is 0 Å². The van der Waals surface area contributed by atoms with Gasteiger partial charge in [-0.3, -0.25) is 0 Å². The normalized spacial score (nSPS) is 13.6. The maximum Gasteiger partial charge on any atom is 0.324 e. The monoisotopic (exact) mass is 206 g/mol. The van der Waals surface area contributed by atoms with E-state index in [2.05, 4.69) is 0 Å².